The molecule has 0 aliphatic carbocycles. The smallest absolute Gasteiger partial charge is 0.255 e. The Hall–Kier alpha value is -2.31. The zero-order valence-corrected chi connectivity index (χ0v) is 14.3. The van der Waals surface area contributed by atoms with Crippen LogP contribution in [0.2, 0.25) is 5.02 Å². The third kappa shape index (κ3) is 3.86. The summed E-state index contributed by atoms with van der Waals surface area (Å²) in [7, 11) is 0. The fourth-order valence-corrected chi connectivity index (χ4v) is 3.11. The number of epoxide rings is 1. The van der Waals surface area contributed by atoms with Crippen LogP contribution < -0.4 is 5.32 Å². The number of ketones is 1. The van der Waals surface area contributed by atoms with E-state index in [9.17, 15) is 19.8 Å². The SMILES string of the molecule is C[C@@H]1CC2O[C@@H]2C=CC=CC(=O)Cc2c(Cl)c(O)cc(O)c2C(=O)N1. The minimum atomic E-state index is -0.552. The topological polar surface area (TPSA) is 99.2 Å². The van der Waals surface area contributed by atoms with Crippen molar-refractivity contribution in [3.05, 3.63) is 46.5 Å². The molecule has 1 aromatic rings. The largest absolute Gasteiger partial charge is 0.507 e. The number of halogens is 1. The van der Waals surface area contributed by atoms with Crippen molar-refractivity contribution in [1.29, 1.82) is 0 Å². The Labute approximate surface area is 149 Å². The monoisotopic (exact) mass is 363 g/mol. The third-order valence-electron chi connectivity index (χ3n) is 4.18. The van der Waals surface area contributed by atoms with Gasteiger partial charge >= 0.3 is 0 Å². The summed E-state index contributed by atoms with van der Waals surface area (Å²) in [5.41, 5.74) is -0.00243. The van der Waals surface area contributed by atoms with Crippen molar-refractivity contribution in [2.24, 2.45) is 0 Å². The van der Waals surface area contributed by atoms with Crippen LogP contribution in [0.1, 0.15) is 29.3 Å². The molecule has 1 amide bonds. The third-order valence-corrected chi connectivity index (χ3v) is 4.60. The molecule has 0 bridgehead atoms. The second-order valence-electron chi connectivity index (χ2n) is 6.22. The van der Waals surface area contributed by atoms with E-state index >= 15 is 0 Å². The number of rotatable bonds is 0. The molecular formula is C18H18ClNO5. The van der Waals surface area contributed by atoms with Crippen molar-refractivity contribution in [2.75, 3.05) is 0 Å². The number of phenols is 2. The molecule has 25 heavy (non-hydrogen) atoms. The number of ether oxygens (including phenoxy) is 1. The van der Waals surface area contributed by atoms with Gasteiger partial charge in [-0.3, -0.25) is 9.59 Å². The van der Waals surface area contributed by atoms with Crippen LogP contribution in [-0.4, -0.2) is 40.2 Å². The first-order chi connectivity index (χ1) is 11.9. The highest BCUT2D eigenvalue weighted by Crippen LogP contribution is 2.37. The quantitative estimate of drug-likeness (QED) is 0.614. The van der Waals surface area contributed by atoms with E-state index in [1.54, 1.807) is 12.2 Å². The molecule has 0 aromatic heterocycles. The van der Waals surface area contributed by atoms with E-state index in [2.05, 4.69) is 5.32 Å². The minimum absolute atomic E-state index is 0.00932. The summed E-state index contributed by atoms with van der Waals surface area (Å²) in [6.07, 6.45) is 6.92. The maximum Gasteiger partial charge on any atom is 0.255 e. The zero-order valence-electron chi connectivity index (χ0n) is 13.5. The summed E-state index contributed by atoms with van der Waals surface area (Å²) in [6.45, 7) is 1.83. The van der Waals surface area contributed by atoms with Gasteiger partial charge in [0.05, 0.1) is 16.7 Å². The number of fused-ring (bicyclic) bond motifs is 2. The summed E-state index contributed by atoms with van der Waals surface area (Å²) >= 11 is 6.08. The molecule has 7 heteroatoms. The molecule has 3 N–H and O–H groups in total. The van der Waals surface area contributed by atoms with Crippen molar-refractivity contribution in [3.63, 3.8) is 0 Å². The van der Waals surface area contributed by atoms with Gasteiger partial charge < -0.3 is 20.3 Å². The van der Waals surface area contributed by atoms with Crippen LogP contribution in [0.15, 0.2) is 30.4 Å². The Bertz CT molecular complexity index is 786. The van der Waals surface area contributed by atoms with Crippen molar-refractivity contribution >= 4 is 23.3 Å². The molecule has 1 aromatic carbocycles. The van der Waals surface area contributed by atoms with Crippen LogP contribution >= 0.6 is 11.6 Å². The molecule has 0 radical (unpaired) electrons. The van der Waals surface area contributed by atoms with Crippen molar-refractivity contribution in [2.45, 2.75) is 38.0 Å². The molecule has 1 saturated heterocycles. The number of carbonyl (C=O) groups excluding carboxylic acids is 2. The molecule has 0 spiro atoms. The lowest BCUT2D eigenvalue weighted by Gasteiger charge is -2.17. The summed E-state index contributed by atoms with van der Waals surface area (Å²) in [5, 5.41) is 22.6. The number of hydrogen-bond acceptors (Lipinski definition) is 5. The Morgan fingerprint density at radius 2 is 2.00 bits per heavy atom. The molecule has 2 aliphatic heterocycles. The lowest BCUT2D eigenvalue weighted by molar-refractivity contribution is -0.114. The fourth-order valence-electron chi connectivity index (χ4n) is 2.89. The molecule has 3 atom stereocenters. The van der Waals surface area contributed by atoms with Gasteiger partial charge in [0, 0.05) is 18.5 Å². The summed E-state index contributed by atoms with van der Waals surface area (Å²) in [6, 6.07) is 0.794. The van der Waals surface area contributed by atoms with E-state index in [1.807, 2.05) is 13.0 Å². The van der Waals surface area contributed by atoms with E-state index < -0.39 is 11.7 Å². The second kappa shape index (κ2) is 6.90. The van der Waals surface area contributed by atoms with Crippen LogP contribution in [0.25, 0.3) is 0 Å². The first-order valence-electron chi connectivity index (χ1n) is 7.94. The van der Waals surface area contributed by atoms with Crippen LogP contribution in [0.4, 0.5) is 0 Å². The Balaban J connectivity index is 2.01. The molecule has 6 nitrogen and oxygen atoms in total. The second-order valence-corrected chi connectivity index (χ2v) is 6.60. The first kappa shape index (κ1) is 17.5. The Morgan fingerprint density at radius 3 is 2.76 bits per heavy atom. The molecular weight excluding hydrogens is 346 g/mol. The lowest BCUT2D eigenvalue weighted by atomic mass is 9.98. The average molecular weight is 364 g/mol. The van der Waals surface area contributed by atoms with Gasteiger partial charge in [0.15, 0.2) is 5.78 Å². The van der Waals surface area contributed by atoms with E-state index in [4.69, 9.17) is 16.3 Å². The number of carbonyl (C=O) groups is 2. The highest BCUT2D eigenvalue weighted by atomic mass is 35.5. The van der Waals surface area contributed by atoms with Crippen LogP contribution in [0, 0.1) is 0 Å². The average Bonchev–Trinajstić information content (AvgIpc) is 3.25. The summed E-state index contributed by atoms with van der Waals surface area (Å²) in [5.74, 6) is -1.68. The van der Waals surface area contributed by atoms with Gasteiger partial charge in [0.1, 0.15) is 17.6 Å². The van der Waals surface area contributed by atoms with Gasteiger partial charge in [-0.05, 0) is 25.0 Å². The molecule has 2 aliphatic rings. The number of nitrogens with one attached hydrogen (secondary N) is 1. The molecule has 1 unspecified atom stereocenters. The van der Waals surface area contributed by atoms with Crippen molar-refractivity contribution < 1.29 is 24.5 Å². The number of amides is 1. The minimum Gasteiger partial charge on any atom is -0.507 e. The van der Waals surface area contributed by atoms with Crippen molar-refractivity contribution in [1.82, 2.24) is 5.32 Å². The molecule has 1 fully saturated rings. The standard InChI is InChI=1S/C18H18ClNO5/c1-9-6-15-14(25-15)5-3-2-4-10(21)7-11-16(18(24)20-9)12(22)8-13(23)17(11)19/h2-5,8-9,14-15,22-23H,6-7H2,1H3,(H,20,24)/t9-,14-,15?/m1/s1. The van der Waals surface area contributed by atoms with Gasteiger partial charge in [-0.25, -0.2) is 0 Å². The lowest BCUT2D eigenvalue weighted by Crippen LogP contribution is -2.34. The molecule has 3 rings (SSSR count). The Morgan fingerprint density at radius 1 is 1.24 bits per heavy atom. The van der Waals surface area contributed by atoms with Crippen molar-refractivity contribution in [3.8, 4) is 11.5 Å². The Kier molecular flexibility index (Phi) is 4.83. The first-order valence-corrected chi connectivity index (χ1v) is 8.32. The van der Waals surface area contributed by atoms with Gasteiger partial charge in [0.2, 0.25) is 0 Å². The highest BCUT2D eigenvalue weighted by molar-refractivity contribution is 6.33. The van der Waals surface area contributed by atoms with Gasteiger partial charge in [0.25, 0.3) is 5.91 Å². The van der Waals surface area contributed by atoms with E-state index in [-0.39, 0.29) is 52.4 Å². The van der Waals surface area contributed by atoms with Crippen LogP contribution in [0.3, 0.4) is 0 Å². The van der Waals surface area contributed by atoms with Gasteiger partial charge in [-0.2, -0.15) is 0 Å². The van der Waals surface area contributed by atoms with E-state index in [0.717, 1.165) is 6.07 Å². The van der Waals surface area contributed by atoms with Crippen LogP contribution in [-0.2, 0) is 16.0 Å². The predicted octanol–water partition coefficient (Wildman–Crippen LogP) is 2.26. The number of allylic oxidation sites excluding steroid dienone is 3. The van der Waals surface area contributed by atoms with Gasteiger partial charge in [-0.15, -0.1) is 0 Å². The maximum atomic E-state index is 12.6. The van der Waals surface area contributed by atoms with E-state index in [1.165, 1.54) is 6.08 Å². The number of phenolic OH excluding ortho intramolecular Hbond substituents is 2. The predicted molar refractivity (Wildman–Crippen MR) is 92.0 cm³/mol. The zero-order chi connectivity index (χ0) is 18.1. The molecule has 2 heterocycles. The van der Waals surface area contributed by atoms with Crippen LogP contribution in [0.5, 0.6) is 11.5 Å². The van der Waals surface area contributed by atoms with E-state index in [0.29, 0.717) is 6.42 Å². The summed E-state index contributed by atoms with van der Waals surface area (Å²) in [4.78, 5) is 24.7. The normalized spacial score (nSPS) is 26.4. The number of benzene rings is 1. The maximum absolute atomic E-state index is 12.6. The molecule has 132 valence electrons. The number of hydrogen-bond donors (Lipinski definition) is 3. The fraction of sp³-hybridized carbons (Fsp3) is 0.333. The number of aromatic hydroxyl groups is 2. The summed E-state index contributed by atoms with van der Waals surface area (Å²) < 4.78 is 5.49. The highest BCUT2D eigenvalue weighted by Gasteiger charge is 2.37. The molecule has 0 saturated carbocycles. The van der Waals surface area contributed by atoms with Gasteiger partial charge in [-0.1, -0.05) is 29.8 Å².